The van der Waals surface area contributed by atoms with Crippen molar-refractivity contribution in [1.82, 2.24) is 20.1 Å². The molecule has 0 saturated heterocycles. The zero-order valence-electron chi connectivity index (χ0n) is 11.3. The van der Waals surface area contributed by atoms with Gasteiger partial charge in [0.2, 0.25) is 0 Å². The standard InChI is InChI=1S/C12H14N6O3/c1-13-11-7-9(10(8-15-11)18(20)21)12(19)14-4-6-17-5-2-3-16-17/h2-3,5,7-8H,4,6H2,1H3,(H,13,15)(H,14,19). The summed E-state index contributed by atoms with van der Waals surface area (Å²) in [7, 11) is 1.62. The maximum atomic E-state index is 12.1. The SMILES string of the molecule is CNc1cc(C(=O)NCCn2cccn2)c([N+](=O)[O-])cn1. The number of carbonyl (C=O) groups excluding carboxylic acids is 1. The average molecular weight is 290 g/mol. The molecule has 1 amide bonds. The van der Waals surface area contributed by atoms with Crippen molar-refractivity contribution in [2.24, 2.45) is 0 Å². The molecule has 0 aromatic carbocycles. The number of hydrogen-bond acceptors (Lipinski definition) is 6. The number of nitrogens with one attached hydrogen (secondary N) is 2. The minimum absolute atomic E-state index is 0.0279. The van der Waals surface area contributed by atoms with E-state index in [1.54, 1.807) is 30.2 Å². The highest BCUT2D eigenvalue weighted by Crippen LogP contribution is 2.19. The monoisotopic (exact) mass is 290 g/mol. The molecule has 0 atom stereocenters. The fraction of sp³-hybridized carbons (Fsp3) is 0.250. The zero-order valence-corrected chi connectivity index (χ0v) is 11.3. The Kier molecular flexibility index (Phi) is 4.44. The van der Waals surface area contributed by atoms with Gasteiger partial charge in [-0.25, -0.2) is 4.98 Å². The van der Waals surface area contributed by atoms with E-state index < -0.39 is 10.8 Å². The average Bonchev–Trinajstić information content (AvgIpc) is 2.99. The molecule has 9 heteroatoms. The first-order valence-electron chi connectivity index (χ1n) is 6.19. The molecule has 2 N–H and O–H groups in total. The summed E-state index contributed by atoms with van der Waals surface area (Å²) in [5.74, 6) is -0.134. The molecule has 21 heavy (non-hydrogen) atoms. The topological polar surface area (TPSA) is 115 Å². The molecule has 0 radical (unpaired) electrons. The van der Waals surface area contributed by atoms with Crippen LogP contribution in [-0.2, 0) is 6.54 Å². The summed E-state index contributed by atoms with van der Waals surface area (Å²) in [4.78, 5) is 26.2. The second-order valence-corrected chi connectivity index (χ2v) is 4.12. The Bertz CT molecular complexity index is 640. The fourth-order valence-electron chi connectivity index (χ4n) is 1.72. The minimum Gasteiger partial charge on any atom is -0.373 e. The molecular weight excluding hydrogens is 276 g/mol. The van der Waals surface area contributed by atoms with Gasteiger partial charge in [0.15, 0.2) is 0 Å². The summed E-state index contributed by atoms with van der Waals surface area (Å²) in [6.45, 7) is 0.797. The van der Waals surface area contributed by atoms with Crippen molar-refractivity contribution >= 4 is 17.4 Å². The summed E-state index contributed by atoms with van der Waals surface area (Å²) < 4.78 is 1.65. The summed E-state index contributed by atoms with van der Waals surface area (Å²) in [5.41, 5.74) is -0.356. The Hall–Kier alpha value is -2.97. The fourth-order valence-corrected chi connectivity index (χ4v) is 1.72. The number of carbonyl (C=O) groups is 1. The Morgan fingerprint density at radius 1 is 1.52 bits per heavy atom. The van der Waals surface area contributed by atoms with Crippen LogP contribution in [0.25, 0.3) is 0 Å². The molecule has 0 fully saturated rings. The first-order valence-corrected chi connectivity index (χ1v) is 6.19. The predicted molar refractivity (Wildman–Crippen MR) is 75.0 cm³/mol. The van der Waals surface area contributed by atoms with Crippen LogP contribution in [-0.4, -0.2) is 39.2 Å². The van der Waals surface area contributed by atoms with Gasteiger partial charge >= 0.3 is 0 Å². The van der Waals surface area contributed by atoms with Gasteiger partial charge in [-0.05, 0) is 6.07 Å². The Labute approximate surface area is 120 Å². The Morgan fingerprint density at radius 3 is 2.95 bits per heavy atom. The van der Waals surface area contributed by atoms with Crippen molar-refractivity contribution in [2.75, 3.05) is 18.9 Å². The first-order chi connectivity index (χ1) is 10.1. The molecule has 2 aromatic rings. The lowest BCUT2D eigenvalue weighted by Gasteiger charge is -2.07. The molecule has 0 spiro atoms. The highest BCUT2D eigenvalue weighted by Gasteiger charge is 2.21. The van der Waals surface area contributed by atoms with E-state index in [1.807, 2.05) is 0 Å². The van der Waals surface area contributed by atoms with Crippen molar-refractivity contribution in [3.8, 4) is 0 Å². The van der Waals surface area contributed by atoms with Crippen molar-refractivity contribution in [1.29, 1.82) is 0 Å². The van der Waals surface area contributed by atoms with Crippen molar-refractivity contribution in [2.45, 2.75) is 6.54 Å². The molecule has 0 bridgehead atoms. The number of nitro groups is 1. The summed E-state index contributed by atoms with van der Waals surface area (Å²) in [6.07, 6.45) is 4.46. The largest absolute Gasteiger partial charge is 0.373 e. The van der Waals surface area contributed by atoms with E-state index in [0.717, 1.165) is 6.20 Å². The molecule has 9 nitrogen and oxygen atoms in total. The van der Waals surface area contributed by atoms with Gasteiger partial charge in [-0.1, -0.05) is 0 Å². The van der Waals surface area contributed by atoms with Crippen molar-refractivity contribution < 1.29 is 9.72 Å². The van der Waals surface area contributed by atoms with Crippen LogP contribution in [0.5, 0.6) is 0 Å². The maximum Gasteiger partial charge on any atom is 0.300 e. The second-order valence-electron chi connectivity index (χ2n) is 4.12. The highest BCUT2D eigenvalue weighted by molar-refractivity contribution is 5.98. The number of pyridine rings is 1. The third-order valence-corrected chi connectivity index (χ3v) is 2.77. The van der Waals surface area contributed by atoms with Crippen LogP contribution in [0.4, 0.5) is 11.5 Å². The van der Waals surface area contributed by atoms with Gasteiger partial charge in [-0.15, -0.1) is 0 Å². The quantitative estimate of drug-likeness (QED) is 0.596. The summed E-state index contributed by atoms with van der Waals surface area (Å²) in [5, 5.41) is 20.3. The lowest BCUT2D eigenvalue weighted by Crippen LogP contribution is -2.28. The number of nitrogens with zero attached hydrogens (tertiary/aromatic N) is 4. The summed E-state index contributed by atoms with van der Waals surface area (Å²) in [6, 6.07) is 3.12. The van der Waals surface area contributed by atoms with E-state index >= 15 is 0 Å². The first kappa shape index (κ1) is 14.4. The van der Waals surface area contributed by atoms with Gasteiger partial charge in [0, 0.05) is 32.1 Å². The lowest BCUT2D eigenvalue weighted by atomic mass is 10.2. The van der Waals surface area contributed by atoms with Gasteiger partial charge < -0.3 is 10.6 Å². The van der Waals surface area contributed by atoms with E-state index in [-0.39, 0.29) is 11.3 Å². The number of amides is 1. The normalized spacial score (nSPS) is 10.1. The molecule has 2 rings (SSSR count). The van der Waals surface area contributed by atoms with E-state index in [0.29, 0.717) is 18.9 Å². The molecule has 0 aliphatic carbocycles. The molecule has 2 heterocycles. The van der Waals surface area contributed by atoms with E-state index in [2.05, 4.69) is 20.7 Å². The molecule has 0 unspecified atom stereocenters. The smallest absolute Gasteiger partial charge is 0.300 e. The highest BCUT2D eigenvalue weighted by atomic mass is 16.6. The molecule has 0 aliphatic heterocycles. The Morgan fingerprint density at radius 2 is 2.33 bits per heavy atom. The number of rotatable bonds is 6. The van der Waals surface area contributed by atoms with Crippen molar-refractivity contribution in [3.05, 3.63) is 46.4 Å². The number of aromatic nitrogens is 3. The van der Waals surface area contributed by atoms with Crippen molar-refractivity contribution in [3.63, 3.8) is 0 Å². The Balaban J connectivity index is 2.08. The number of anilines is 1. The van der Waals surface area contributed by atoms with Crippen LogP contribution in [0.3, 0.4) is 0 Å². The van der Waals surface area contributed by atoms with Gasteiger partial charge in [-0.3, -0.25) is 19.6 Å². The predicted octanol–water partition coefficient (Wildman–Crippen LogP) is 0.658. The van der Waals surface area contributed by atoms with Gasteiger partial charge in [0.05, 0.1) is 11.5 Å². The molecule has 110 valence electrons. The third kappa shape index (κ3) is 3.53. The van der Waals surface area contributed by atoms with Crippen LogP contribution in [0.2, 0.25) is 0 Å². The van der Waals surface area contributed by atoms with Crippen LogP contribution >= 0.6 is 0 Å². The van der Waals surface area contributed by atoms with Gasteiger partial charge in [-0.2, -0.15) is 5.10 Å². The maximum absolute atomic E-state index is 12.1. The van der Waals surface area contributed by atoms with Crippen LogP contribution in [0.1, 0.15) is 10.4 Å². The van der Waals surface area contributed by atoms with E-state index in [1.165, 1.54) is 6.07 Å². The lowest BCUT2D eigenvalue weighted by molar-refractivity contribution is -0.385. The molecule has 0 aliphatic rings. The van der Waals surface area contributed by atoms with Crippen LogP contribution in [0, 0.1) is 10.1 Å². The second kappa shape index (κ2) is 6.46. The summed E-state index contributed by atoms with van der Waals surface area (Å²) >= 11 is 0. The van der Waals surface area contributed by atoms with Crippen LogP contribution < -0.4 is 10.6 Å². The minimum atomic E-state index is -0.630. The van der Waals surface area contributed by atoms with E-state index in [4.69, 9.17) is 0 Å². The molecule has 0 saturated carbocycles. The number of hydrogen-bond donors (Lipinski definition) is 2. The molecular formula is C12H14N6O3. The third-order valence-electron chi connectivity index (χ3n) is 2.77. The van der Waals surface area contributed by atoms with Crippen LogP contribution in [0.15, 0.2) is 30.7 Å². The van der Waals surface area contributed by atoms with Gasteiger partial charge in [0.1, 0.15) is 17.6 Å². The molecule has 2 aromatic heterocycles. The van der Waals surface area contributed by atoms with E-state index in [9.17, 15) is 14.9 Å². The zero-order chi connectivity index (χ0) is 15.2. The van der Waals surface area contributed by atoms with Gasteiger partial charge in [0.25, 0.3) is 11.6 Å².